The van der Waals surface area contributed by atoms with Gasteiger partial charge in [0.2, 0.25) is 5.95 Å². The molecule has 2 aromatic carbocycles. The molecule has 2 heterocycles. The fourth-order valence-corrected chi connectivity index (χ4v) is 3.68. The zero-order chi connectivity index (χ0) is 18.8. The number of nitrogen functional groups attached to an aromatic ring is 1. The summed E-state index contributed by atoms with van der Waals surface area (Å²) in [4.78, 5) is 23.6. The normalized spacial score (nSPS) is 16.5. The van der Waals surface area contributed by atoms with E-state index in [1.807, 2.05) is 59.5 Å². The van der Waals surface area contributed by atoms with Gasteiger partial charge in [-0.05, 0) is 42.7 Å². The Kier molecular flexibility index (Phi) is 4.77. The Morgan fingerprint density at radius 2 is 1.85 bits per heavy atom. The highest BCUT2D eigenvalue weighted by Gasteiger charge is 2.33. The highest BCUT2D eigenvalue weighted by atomic mass is 35.5. The molecule has 5 nitrogen and oxygen atoms in total. The van der Waals surface area contributed by atoms with Crippen molar-refractivity contribution in [2.45, 2.75) is 18.9 Å². The molecule has 6 heteroatoms. The first-order valence-electron chi connectivity index (χ1n) is 8.88. The van der Waals surface area contributed by atoms with Gasteiger partial charge in [-0.1, -0.05) is 41.9 Å². The maximum Gasteiger partial charge on any atom is 0.254 e. The number of hydrogen-bond donors (Lipinski definition) is 1. The van der Waals surface area contributed by atoms with E-state index in [0.717, 1.165) is 29.7 Å². The van der Waals surface area contributed by atoms with Crippen LogP contribution in [0.5, 0.6) is 0 Å². The minimum absolute atomic E-state index is 0.0114. The number of aromatic nitrogens is 2. The van der Waals surface area contributed by atoms with Gasteiger partial charge in [-0.15, -0.1) is 0 Å². The van der Waals surface area contributed by atoms with E-state index < -0.39 is 0 Å². The fourth-order valence-electron chi connectivity index (χ4n) is 3.56. The van der Waals surface area contributed by atoms with Crippen LogP contribution in [-0.2, 0) is 0 Å². The Hall–Kier alpha value is -2.92. The van der Waals surface area contributed by atoms with Gasteiger partial charge in [0.1, 0.15) is 0 Å². The number of carbonyl (C=O) groups excluding carboxylic acids is 1. The largest absolute Gasteiger partial charge is 0.368 e. The smallest absolute Gasteiger partial charge is 0.254 e. The first kappa shape index (κ1) is 17.5. The average molecular weight is 379 g/mol. The quantitative estimate of drug-likeness (QED) is 0.735. The Morgan fingerprint density at radius 3 is 2.59 bits per heavy atom. The lowest BCUT2D eigenvalue weighted by Crippen LogP contribution is -2.31. The second-order valence-corrected chi connectivity index (χ2v) is 6.99. The van der Waals surface area contributed by atoms with Gasteiger partial charge in [0.05, 0.1) is 11.7 Å². The van der Waals surface area contributed by atoms with Crippen LogP contribution in [0.3, 0.4) is 0 Å². The summed E-state index contributed by atoms with van der Waals surface area (Å²) in [5.41, 5.74) is 9.17. The van der Waals surface area contributed by atoms with Crippen LogP contribution in [0.2, 0.25) is 5.02 Å². The summed E-state index contributed by atoms with van der Waals surface area (Å²) >= 11 is 6.02. The lowest BCUT2D eigenvalue weighted by molar-refractivity contribution is 0.0733. The van der Waals surface area contributed by atoms with Crippen LogP contribution in [0.4, 0.5) is 5.95 Å². The van der Waals surface area contributed by atoms with Crippen LogP contribution in [-0.4, -0.2) is 27.3 Å². The molecule has 1 aliphatic heterocycles. The Balaban J connectivity index is 1.74. The van der Waals surface area contributed by atoms with Crippen LogP contribution in [0.15, 0.2) is 60.8 Å². The molecule has 1 atom stereocenters. The van der Waals surface area contributed by atoms with E-state index in [2.05, 4.69) is 9.97 Å². The van der Waals surface area contributed by atoms with Crippen molar-refractivity contribution >= 4 is 23.5 Å². The number of hydrogen-bond acceptors (Lipinski definition) is 4. The first-order chi connectivity index (χ1) is 13.1. The van der Waals surface area contributed by atoms with Gasteiger partial charge in [-0.2, -0.15) is 0 Å². The molecule has 1 amide bonds. The summed E-state index contributed by atoms with van der Waals surface area (Å²) in [6.45, 7) is 0.697. The predicted octanol–water partition coefficient (Wildman–Crippen LogP) is 4.36. The summed E-state index contributed by atoms with van der Waals surface area (Å²) < 4.78 is 0. The third-order valence-corrected chi connectivity index (χ3v) is 5.09. The van der Waals surface area contributed by atoms with Gasteiger partial charge in [-0.3, -0.25) is 4.79 Å². The van der Waals surface area contributed by atoms with Crippen molar-refractivity contribution in [1.29, 1.82) is 0 Å². The van der Waals surface area contributed by atoms with Gasteiger partial charge in [0.15, 0.2) is 0 Å². The Bertz CT molecular complexity index is 960. The molecule has 2 N–H and O–H groups in total. The van der Waals surface area contributed by atoms with Crippen molar-refractivity contribution in [2.24, 2.45) is 0 Å². The summed E-state index contributed by atoms with van der Waals surface area (Å²) in [5, 5.41) is 0.665. The molecule has 27 heavy (non-hydrogen) atoms. The number of anilines is 1. The van der Waals surface area contributed by atoms with Gasteiger partial charge < -0.3 is 10.6 Å². The molecule has 1 fully saturated rings. The summed E-state index contributed by atoms with van der Waals surface area (Å²) in [6, 6.07) is 16.7. The SMILES string of the molecule is Nc1ncc(-c2ccc(Cl)cc2)c(C2CCCN2C(=O)c2ccccc2)n1. The maximum atomic E-state index is 13.0. The van der Waals surface area contributed by atoms with Crippen LogP contribution in [0.1, 0.15) is 34.9 Å². The minimum Gasteiger partial charge on any atom is -0.368 e. The molecule has 1 aromatic heterocycles. The van der Waals surface area contributed by atoms with Gasteiger partial charge in [0.25, 0.3) is 5.91 Å². The molecule has 1 unspecified atom stereocenters. The predicted molar refractivity (Wildman–Crippen MR) is 106 cm³/mol. The average Bonchev–Trinajstić information content (AvgIpc) is 3.18. The number of halogens is 1. The Labute approximate surface area is 162 Å². The fraction of sp³-hybridized carbons (Fsp3) is 0.190. The molecule has 4 rings (SSSR count). The molecule has 1 aliphatic rings. The second kappa shape index (κ2) is 7.37. The van der Waals surface area contributed by atoms with E-state index in [4.69, 9.17) is 17.3 Å². The third kappa shape index (κ3) is 3.51. The maximum absolute atomic E-state index is 13.0. The zero-order valence-electron chi connectivity index (χ0n) is 14.7. The molecule has 1 saturated heterocycles. The molecule has 0 saturated carbocycles. The third-order valence-electron chi connectivity index (χ3n) is 4.84. The highest BCUT2D eigenvalue weighted by molar-refractivity contribution is 6.30. The van der Waals surface area contributed by atoms with E-state index >= 15 is 0 Å². The Morgan fingerprint density at radius 1 is 1.11 bits per heavy atom. The number of nitrogens with zero attached hydrogens (tertiary/aromatic N) is 3. The van der Waals surface area contributed by atoms with Gasteiger partial charge >= 0.3 is 0 Å². The number of carbonyl (C=O) groups is 1. The first-order valence-corrected chi connectivity index (χ1v) is 9.25. The van der Waals surface area contributed by atoms with E-state index in [9.17, 15) is 4.79 Å². The van der Waals surface area contributed by atoms with Gasteiger partial charge in [0, 0.05) is 28.9 Å². The molecule has 0 spiro atoms. The van der Waals surface area contributed by atoms with Crippen LogP contribution in [0, 0.1) is 0 Å². The van der Waals surface area contributed by atoms with Crippen LogP contribution < -0.4 is 5.73 Å². The lowest BCUT2D eigenvalue weighted by Gasteiger charge is -2.26. The van der Waals surface area contributed by atoms with Crippen molar-refractivity contribution in [2.75, 3.05) is 12.3 Å². The lowest BCUT2D eigenvalue weighted by atomic mass is 9.99. The number of benzene rings is 2. The summed E-state index contributed by atoms with van der Waals surface area (Å²) in [5.74, 6) is 0.221. The topological polar surface area (TPSA) is 72.1 Å². The van der Waals surface area contributed by atoms with Crippen molar-refractivity contribution in [1.82, 2.24) is 14.9 Å². The van der Waals surface area contributed by atoms with Crippen LogP contribution >= 0.6 is 11.6 Å². The van der Waals surface area contributed by atoms with Crippen molar-refractivity contribution in [3.05, 3.63) is 77.1 Å². The number of rotatable bonds is 3. The molecular formula is C21H19ClN4O. The van der Waals surface area contributed by atoms with Crippen molar-refractivity contribution in [3.8, 4) is 11.1 Å². The standard InChI is InChI=1S/C21H19ClN4O/c22-16-10-8-14(9-11-16)17-13-24-21(23)25-19(17)18-7-4-12-26(18)20(27)15-5-2-1-3-6-15/h1-3,5-6,8-11,13,18H,4,7,12H2,(H2,23,24,25). The van der Waals surface area contributed by atoms with Crippen LogP contribution in [0.25, 0.3) is 11.1 Å². The van der Waals surface area contributed by atoms with E-state index in [1.165, 1.54) is 0 Å². The molecule has 3 aromatic rings. The summed E-state index contributed by atoms with van der Waals surface area (Å²) in [6.07, 6.45) is 3.49. The monoisotopic (exact) mass is 378 g/mol. The molecule has 0 radical (unpaired) electrons. The number of nitrogens with two attached hydrogens (primary N) is 1. The molecule has 0 bridgehead atoms. The molecule has 0 aliphatic carbocycles. The van der Waals surface area contributed by atoms with E-state index in [0.29, 0.717) is 17.1 Å². The molecule has 136 valence electrons. The minimum atomic E-state index is -0.131. The van der Waals surface area contributed by atoms with Crippen molar-refractivity contribution < 1.29 is 4.79 Å². The second-order valence-electron chi connectivity index (χ2n) is 6.56. The van der Waals surface area contributed by atoms with E-state index in [1.54, 1.807) is 6.20 Å². The highest BCUT2D eigenvalue weighted by Crippen LogP contribution is 2.37. The summed E-state index contributed by atoms with van der Waals surface area (Å²) in [7, 11) is 0. The molecular weight excluding hydrogens is 360 g/mol. The zero-order valence-corrected chi connectivity index (χ0v) is 15.4. The number of likely N-dealkylation sites (tertiary alicyclic amines) is 1. The van der Waals surface area contributed by atoms with E-state index in [-0.39, 0.29) is 17.9 Å². The van der Waals surface area contributed by atoms with Gasteiger partial charge in [-0.25, -0.2) is 9.97 Å². The van der Waals surface area contributed by atoms with Crippen molar-refractivity contribution in [3.63, 3.8) is 0 Å². The number of amides is 1.